The molecule has 108 valence electrons. The van der Waals surface area contributed by atoms with E-state index in [0.717, 1.165) is 24.0 Å². The van der Waals surface area contributed by atoms with Gasteiger partial charge in [-0.25, -0.2) is 0 Å². The number of halogens is 1. The highest BCUT2D eigenvalue weighted by molar-refractivity contribution is 9.10. The van der Waals surface area contributed by atoms with Gasteiger partial charge in [0.2, 0.25) is 0 Å². The Labute approximate surface area is 133 Å². The molecule has 1 aromatic heterocycles. The minimum Gasteiger partial charge on any atom is -0.313 e. The third kappa shape index (κ3) is 4.70. The number of thiophene rings is 1. The first-order valence-corrected chi connectivity index (χ1v) is 8.50. The highest BCUT2D eigenvalue weighted by Gasteiger charge is 2.11. The molecule has 1 N–H and O–H groups in total. The lowest BCUT2D eigenvalue weighted by molar-refractivity contribution is 0.306. The van der Waals surface area contributed by atoms with Crippen LogP contribution in [0.4, 0.5) is 0 Å². The molecule has 0 saturated carbocycles. The molecule has 0 aliphatic heterocycles. The second-order valence-electron chi connectivity index (χ2n) is 5.00. The molecule has 1 atom stereocenters. The molecular formula is C16H21BrN2S. The summed E-state index contributed by atoms with van der Waals surface area (Å²) in [7, 11) is 4.22. The molecule has 0 spiro atoms. The van der Waals surface area contributed by atoms with Crippen LogP contribution in [0.15, 0.2) is 46.3 Å². The Morgan fingerprint density at radius 1 is 1.30 bits per heavy atom. The van der Waals surface area contributed by atoms with Crippen molar-refractivity contribution in [1.29, 1.82) is 0 Å². The van der Waals surface area contributed by atoms with Crippen LogP contribution in [-0.4, -0.2) is 25.5 Å². The van der Waals surface area contributed by atoms with E-state index in [-0.39, 0.29) is 0 Å². The maximum atomic E-state index is 3.54. The fourth-order valence-corrected chi connectivity index (χ4v) is 3.50. The van der Waals surface area contributed by atoms with Gasteiger partial charge >= 0.3 is 0 Å². The lowest BCUT2D eigenvalue weighted by atomic mass is 10.0. The van der Waals surface area contributed by atoms with E-state index in [2.05, 4.69) is 75.0 Å². The highest BCUT2D eigenvalue weighted by Crippen LogP contribution is 2.21. The zero-order valence-electron chi connectivity index (χ0n) is 12.0. The summed E-state index contributed by atoms with van der Waals surface area (Å²) in [5, 5.41) is 5.55. The van der Waals surface area contributed by atoms with E-state index < -0.39 is 0 Å². The van der Waals surface area contributed by atoms with Crippen LogP contribution in [0, 0.1) is 0 Å². The van der Waals surface area contributed by atoms with E-state index in [1.165, 1.54) is 10.4 Å². The maximum Gasteiger partial charge on any atom is 0.0330 e. The first kappa shape index (κ1) is 15.7. The summed E-state index contributed by atoms with van der Waals surface area (Å²) < 4.78 is 1.14. The quantitative estimate of drug-likeness (QED) is 0.799. The fraction of sp³-hybridized carbons (Fsp3) is 0.375. The van der Waals surface area contributed by atoms with Gasteiger partial charge in [-0.15, -0.1) is 11.3 Å². The second-order valence-corrected chi connectivity index (χ2v) is 6.95. The zero-order valence-corrected chi connectivity index (χ0v) is 14.4. The van der Waals surface area contributed by atoms with Gasteiger partial charge in [-0.1, -0.05) is 34.1 Å². The molecular weight excluding hydrogens is 332 g/mol. The topological polar surface area (TPSA) is 15.3 Å². The van der Waals surface area contributed by atoms with E-state index in [1.807, 2.05) is 18.4 Å². The van der Waals surface area contributed by atoms with Crippen molar-refractivity contribution in [3.8, 4) is 0 Å². The monoisotopic (exact) mass is 352 g/mol. The fourth-order valence-electron chi connectivity index (χ4n) is 2.30. The summed E-state index contributed by atoms with van der Waals surface area (Å²) in [6.45, 7) is 2.11. The van der Waals surface area contributed by atoms with Gasteiger partial charge in [0, 0.05) is 28.5 Å². The van der Waals surface area contributed by atoms with E-state index in [4.69, 9.17) is 0 Å². The van der Waals surface area contributed by atoms with Crippen LogP contribution in [0.25, 0.3) is 0 Å². The lowest BCUT2D eigenvalue weighted by Gasteiger charge is -2.21. The van der Waals surface area contributed by atoms with Gasteiger partial charge in [0.05, 0.1) is 0 Å². The maximum absolute atomic E-state index is 3.54. The Kier molecular flexibility index (Phi) is 6.23. The van der Waals surface area contributed by atoms with Gasteiger partial charge in [0.15, 0.2) is 0 Å². The van der Waals surface area contributed by atoms with Crippen molar-refractivity contribution in [1.82, 2.24) is 10.2 Å². The number of nitrogens with one attached hydrogen (secondary N) is 1. The predicted molar refractivity (Wildman–Crippen MR) is 91.2 cm³/mol. The molecule has 0 amide bonds. The molecule has 1 aromatic carbocycles. The smallest absolute Gasteiger partial charge is 0.0330 e. The first-order chi connectivity index (χ1) is 9.69. The standard InChI is InChI=1S/C16H21BrN2S/c1-18-16(13-5-3-6-14(17)11-13)8-9-19(2)12-15-7-4-10-20-15/h3-7,10-11,16,18H,8-9,12H2,1-2H3. The van der Waals surface area contributed by atoms with Crippen molar-refractivity contribution in [3.63, 3.8) is 0 Å². The number of hydrogen-bond acceptors (Lipinski definition) is 3. The highest BCUT2D eigenvalue weighted by atomic mass is 79.9. The van der Waals surface area contributed by atoms with Crippen molar-refractivity contribution < 1.29 is 0 Å². The van der Waals surface area contributed by atoms with Crippen molar-refractivity contribution in [2.24, 2.45) is 0 Å². The minimum absolute atomic E-state index is 0.401. The normalized spacial score (nSPS) is 12.8. The molecule has 0 fully saturated rings. The number of benzene rings is 1. The van der Waals surface area contributed by atoms with E-state index in [1.54, 1.807) is 0 Å². The summed E-state index contributed by atoms with van der Waals surface area (Å²) in [4.78, 5) is 3.81. The lowest BCUT2D eigenvalue weighted by Crippen LogP contribution is -2.25. The molecule has 2 nitrogen and oxygen atoms in total. The largest absolute Gasteiger partial charge is 0.313 e. The second kappa shape index (κ2) is 7.93. The third-order valence-electron chi connectivity index (χ3n) is 3.40. The van der Waals surface area contributed by atoms with Crippen LogP contribution in [0.3, 0.4) is 0 Å². The van der Waals surface area contributed by atoms with E-state index in [0.29, 0.717) is 6.04 Å². The van der Waals surface area contributed by atoms with Crippen molar-refractivity contribution in [2.75, 3.05) is 20.6 Å². The van der Waals surface area contributed by atoms with Gasteiger partial charge in [-0.2, -0.15) is 0 Å². The molecule has 0 bridgehead atoms. The number of nitrogens with zero attached hydrogens (tertiary/aromatic N) is 1. The SMILES string of the molecule is CNC(CCN(C)Cc1cccs1)c1cccc(Br)c1. The van der Waals surface area contributed by atoms with Gasteiger partial charge in [0.1, 0.15) is 0 Å². The Hall–Kier alpha value is -0.680. The minimum atomic E-state index is 0.401. The molecule has 2 rings (SSSR count). The van der Waals surface area contributed by atoms with Gasteiger partial charge < -0.3 is 10.2 Å². The van der Waals surface area contributed by atoms with Crippen molar-refractivity contribution in [2.45, 2.75) is 19.0 Å². The van der Waals surface area contributed by atoms with Gasteiger partial charge in [-0.05, 0) is 49.7 Å². The average molecular weight is 353 g/mol. The van der Waals surface area contributed by atoms with E-state index in [9.17, 15) is 0 Å². The summed E-state index contributed by atoms with van der Waals surface area (Å²) in [6.07, 6.45) is 1.11. The number of rotatable bonds is 7. The zero-order chi connectivity index (χ0) is 14.4. The van der Waals surface area contributed by atoms with Crippen LogP contribution < -0.4 is 5.32 Å². The summed E-state index contributed by atoms with van der Waals surface area (Å²) in [5.74, 6) is 0. The first-order valence-electron chi connectivity index (χ1n) is 6.82. The summed E-state index contributed by atoms with van der Waals surface area (Å²) in [6, 6.07) is 13.3. The van der Waals surface area contributed by atoms with Crippen LogP contribution in [0.1, 0.15) is 22.9 Å². The van der Waals surface area contributed by atoms with Crippen LogP contribution >= 0.6 is 27.3 Å². The Bertz CT molecular complexity index is 513. The molecule has 0 aliphatic carbocycles. The van der Waals surface area contributed by atoms with Crippen LogP contribution in [0.5, 0.6) is 0 Å². The molecule has 1 unspecified atom stereocenters. The van der Waals surface area contributed by atoms with Crippen LogP contribution in [-0.2, 0) is 6.54 Å². The number of hydrogen-bond donors (Lipinski definition) is 1. The predicted octanol–water partition coefficient (Wildman–Crippen LogP) is 4.29. The van der Waals surface area contributed by atoms with Crippen molar-refractivity contribution in [3.05, 3.63) is 56.7 Å². The molecule has 0 aliphatic rings. The van der Waals surface area contributed by atoms with Crippen LogP contribution in [0.2, 0.25) is 0 Å². The molecule has 1 heterocycles. The van der Waals surface area contributed by atoms with Gasteiger partial charge in [0.25, 0.3) is 0 Å². The van der Waals surface area contributed by atoms with Gasteiger partial charge in [-0.3, -0.25) is 0 Å². The Morgan fingerprint density at radius 3 is 2.80 bits per heavy atom. The molecule has 2 aromatic rings. The van der Waals surface area contributed by atoms with Crippen molar-refractivity contribution >= 4 is 27.3 Å². The Balaban J connectivity index is 1.87. The molecule has 4 heteroatoms. The molecule has 0 radical (unpaired) electrons. The average Bonchev–Trinajstić information content (AvgIpc) is 2.92. The third-order valence-corrected chi connectivity index (χ3v) is 4.76. The molecule has 0 saturated heterocycles. The molecule has 20 heavy (non-hydrogen) atoms. The van der Waals surface area contributed by atoms with E-state index >= 15 is 0 Å². The summed E-state index contributed by atoms with van der Waals surface area (Å²) >= 11 is 5.37. The summed E-state index contributed by atoms with van der Waals surface area (Å²) in [5.41, 5.74) is 1.34. The Morgan fingerprint density at radius 2 is 2.15 bits per heavy atom.